The van der Waals surface area contributed by atoms with E-state index >= 15 is 0 Å². The molecule has 0 amide bonds. The first-order valence-corrected chi connectivity index (χ1v) is 6.42. The summed E-state index contributed by atoms with van der Waals surface area (Å²) >= 11 is 7.75. The largest absolute Gasteiger partial charge is 0.388 e. The van der Waals surface area contributed by atoms with Gasteiger partial charge < -0.3 is 5.11 Å². The van der Waals surface area contributed by atoms with Crippen LogP contribution in [0.15, 0.2) is 18.2 Å². The summed E-state index contributed by atoms with van der Waals surface area (Å²) in [5.41, 5.74) is 0.518. The highest BCUT2D eigenvalue weighted by Crippen LogP contribution is 2.36. The maximum atomic E-state index is 13.0. The first-order chi connectivity index (χ1) is 7.18. The number of aliphatic hydroxyl groups excluding tert-OH is 1. The molecule has 0 radical (unpaired) electrons. The SMILES string of the molecule is OC(c1cc(F)ccc1Cl)C1CCSC1. The lowest BCUT2D eigenvalue weighted by Crippen LogP contribution is -2.12. The number of aliphatic hydroxyl groups is 1. The number of halogens is 2. The van der Waals surface area contributed by atoms with E-state index in [9.17, 15) is 9.50 Å². The minimum Gasteiger partial charge on any atom is -0.388 e. The van der Waals surface area contributed by atoms with Gasteiger partial charge in [-0.1, -0.05) is 11.6 Å². The summed E-state index contributed by atoms with van der Waals surface area (Å²) in [5, 5.41) is 10.5. The van der Waals surface area contributed by atoms with E-state index in [0.29, 0.717) is 10.6 Å². The summed E-state index contributed by atoms with van der Waals surface area (Å²) in [7, 11) is 0. The first-order valence-electron chi connectivity index (χ1n) is 4.89. The molecule has 0 aliphatic carbocycles. The van der Waals surface area contributed by atoms with Gasteiger partial charge in [0.05, 0.1) is 6.10 Å². The second-order valence-electron chi connectivity index (χ2n) is 3.73. The third-order valence-electron chi connectivity index (χ3n) is 2.69. The number of hydrogen-bond acceptors (Lipinski definition) is 2. The van der Waals surface area contributed by atoms with Crippen molar-refractivity contribution < 1.29 is 9.50 Å². The van der Waals surface area contributed by atoms with Crippen LogP contribution in [0.4, 0.5) is 4.39 Å². The predicted octanol–water partition coefficient (Wildman–Crippen LogP) is 3.27. The molecule has 0 spiro atoms. The van der Waals surface area contributed by atoms with Gasteiger partial charge >= 0.3 is 0 Å². The highest BCUT2D eigenvalue weighted by Gasteiger charge is 2.26. The van der Waals surface area contributed by atoms with Gasteiger partial charge in [-0.15, -0.1) is 0 Å². The zero-order chi connectivity index (χ0) is 10.8. The van der Waals surface area contributed by atoms with E-state index < -0.39 is 6.10 Å². The van der Waals surface area contributed by atoms with Crippen LogP contribution in [0.1, 0.15) is 18.1 Å². The minimum absolute atomic E-state index is 0.203. The average Bonchev–Trinajstić information content (AvgIpc) is 2.74. The van der Waals surface area contributed by atoms with E-state index in [1.807, 2.05) is 11.8 Å². The van der Waals surface area contributed by atoms with Crippen LogP contribution in [0.25, 0.3) is 0 Å². The van der Waals surface area contributed by atoms with Crippen molar-refractivity contribution in [3.05, 3.63) is 34.6 Å². The van der Waals surface area contributed by atoms with Crippen LogP contribution in [0.3, 0.4) is 0 Å². The molecule has 2 unspecified atom stereocenters. The van der Waals surface area contributed by atoms with E-state index in [-0.39, 0.29) is 11.7 Å². The van der Waals surface area contributed by atoms with Crippen LogP contribution in [0, 0.1) is 11.7 Å². The van der Waals surface area contributed by atoms with Crippen molar-refractivity contribution in [2.75, 3.05) is 11.5 Å². The summed E-state index contributed by atoms with van der Waals surface area (Å²) in [5.74, 6) is 1.84. The Kier molecular flexibility index (Phi) is 3.54. The third-order valence-corrected chi connectivity index (χ3v) is 4.22. The third kappa shape index (κ3) is 2.47. The molecule has 2 atom stereocenters. The Hall–Kier alpha value is -0.250. The second-order valence-corrected chi connectivity index (χ2v) is 5.29. The van der Waals surface area contributed by atoms with E-state index in [1.165, 1.54) is 18.2 Å². The molecule has 1 aromatic rings. The van der Waals surface area contributed by atoms with Crippen molar-refractivity contribution in [2.24, 2.45) is 5.92 Å². The number of thioether (sulfide) groups is 1. The Morgan fingerprint density at radius 2 is 2.33 bits per heavy atom. The molecule has 0 bridgehead atoms. The smallest absolute Gasteiger partial charge is 0.123 e. The molecule has 0 saturated carbocycles. The molecule has 1 aliphatic rings. The quantitative estimate of drug-likeness (QED) is 0.864. The van der Waals surface area contributed by atoms with Crippen molar-refractivity contribution in [3.63, 3.8) is 0 Å². The van der Waals surface area contributed by atoms with Crippen molar-refractivity contribution >= 4 is 23.4 Å². The zero-order valence-corrected chi connectivity index (χ0v) is 9.69. The van der Waals surface area contributed by atoms with Crippen LogP contribution in [0.2, 0.25) is 5.02 Å². The molecule has 1 nitrogen and oxygen atoms in total. The van der Waals surface area contributed by atoms with Gasteiger partial charge in [0.2, 0.25) is 0 Å². The first kappa shape index (κ1) is 11.2. The summed E-state index contributed by atoms with van der Waals surface area (Å²) in [6.07, 6.45) is 0.335. The molecule has 15 heavy (non-hydrogen) atoms. The number of benzene rings is 1. The number of hydrogen-bond donors (Lipinski definition) is 1. The molecule has 1 aliphatic heterocycles. The topological polar surface area (TPSA) is 20.2 Å². The predicted molar refractivity (Wildman–Crippen MR) is 61.8 cm³/mol. The summed E-state index contributed by atoms with van der Waals surface area (Å²) < 4.78 is 13.0. The van der Waals surface area contributed by atoms with Crippen molar-refractivity contribution in [3.8, 4) is 0 Å². The van der Waals surface area contributed by atoms with Crippen LogP contribution in [0.5, 0.6) is 0 Å². The standard InChI is InChI=1S/C11H12ClFOS/c12-10-2-1-8(13)5-9(10)11(14)7-3-4-15-6-7/h1-2,5,7,11,14H,3-4,6H2. The monoisotopic (exact) mass is 246 g/mol. The van der Waals surface area contributed by atoms with Crippen molar-refractivity contribution in [1.29, 1.82) is 0 Å². The fourth-order valence-electron chi connectivity index (χ4n) is 1.80. The lowest BCUT2D eigenvalue weighted by molar-refractivity contribution is 0.121. The highest BCUT2D eigenvalue weighted by atomic mass is 35.5. The molecular weight excluding hydrogens is 235 g/mol. The van der Waals surface area contributed by atoms with Crippen molar-refractivity contribution in [2.45, 2.75) is 12.5 Å². The van der Waals surface area contributed by atoms with E-state index in [0.717, 1.165) is 17.9 Å². The Labute approximate surface area is 97.6 Å². The highest BCUT2D eigenvalue weighted by molar-refractivity contribution is 7.99. The second kappa shape index (κ2) is 4.73. The van der Waals surface area contributed by atoms with Gasteiger partial charge in [-0.3, -0.25) is 0 Å². The molecule has 0 aromatic heterocycles. The molecular formula is C11H12ClFOS. The van der Waals surface area contributed by atoms with E-state index in [4.69, 9.17) is 11.6 Å². The van der Waals surface area contributed by atoms with Crippen LogP contribution < -0.4 is 0 Å². The molecule has 1 fully saturated rings. The van der Waals surface area contributed by atoms with Gasteiger partial charge in [0.15, 0.2) is 0 Å². The molecule has 1 heterocycles. The molecule has 4 heteroatoms. The maximum Gasteiger partial charge on any atom is 0.123 e. The fraction of sp³-hybridized carbons (Fsp3) is 0.455. The van der Waals surface area contributed by atoms with Gasteiger partial charge in [-0.25, -0.2) is 4.39 Å². The molecule has 82 valence electrons. The van der Waals surface area contributed by atoms with Gasteiger partial charge in [-0.2, -0.15) is 11.8 Å². The zero-order valence-electron chi connectivity index (χ0n) is 8.12. The average molecular weight is 247 g/mol. The molecule has 1 aromatic carbocycles. The normalized spacial score (nSPS) is 23.0. The van der Waals surface area contributed by atoms with Crippen LogP contribution in [-0.2, 0) is 0 Å². The maximum absolute atomic E-state index is 13.0. The summed E-state index contributed by atoms with van der Waals surface area (Å²) in [6, 6.07) is 4.13. The Morgan fingerprint density at radius 3 is 3.00 bits per heavy atom. The lowest BCUT2D eigenvalue weighted by atomic mass is 9.95. The van der Waals surface area contributed by atoms with Crippen LogP contribution >= 0.6 is 23.4 Å². The number of rotatable bonds is 2. The van der Waals surface area contributed by atoms with Gasteiger partial charge in [0, 0.05) is 10.6 Å². The van der Waals surface area contributed by atoms with Crippen LogP contribution in [-0.4, -0.2) is 16.6 Å². The fourth-order valence-corrected chi connectivity index (χ4v) is 3.31. The summed E-state index contributed by atoms with van der Waals surface area (Å²) in [4.78, 5) is 0. The Balaban J connectivity index is 2.23. The van der Waals surface area contributed by atoms with E-state index in [2.05, 4.69) is 0 Å². The molecule has 1 N–H and O–H groups in total. The minimum atomic E-state index is -0.636. The van der Waals surface area contributed by atoms with Gasteiger partial charge in [0.25, 0.3) is 0 Å². The summed E-state index contributed by atoms with van der Waals surface area (Å²) in [6.45, 7) is 0. The molecule has 2 rings (SSSR count). The van der Waals surface area contributed by atoms with Crippen molar-refractivity contribution in [1.82, 2.24) is 0 Å². The molecule has 1 saturated heterocycles. The van der Waals surface area contributed by atoms with Gasteiger partial charge in [-0.05, 0) is 42.0 Å². The van der Waals surface area contributed by atoms with Gasteiger partial charge in [0.1, 0.15) is 5.82 Å². The Bertz CT molecular complexity index is 352. The van der Waals surface area contributed by atoms with E-state index in [1.54, 1.807) is 0 Å². The lowest BCUT2D eigenvalue weighted by Gasteiger charge is -2.18. The Morgan fingerprint density at radius 1 is 1.53 bits per heavy atom.